The molecule has 1 aliphatic rings. The molecule has 3 nitrogen and oxygen atoms in total. The molecule has 3 heteroatoms. The minimum atomic E-state index is -0.206. The van der Waals surface area contributed by atoms with Crippen molar-refractivity contribution in [2.45, 2.75) is 25.5 Å². The molecule has 1 fully saturated rings. The van der Waals surface area contributed by atoms with E-state index in [0.29, 0.717) is 5.56 Å². The number of hydrogen-bond donors (Lipinski definition) is 0. The van der Waals surface area contributed by atoms with Crippen molar-refractivity contribution in [1.82, 2.24) is 4.90 Å². The Morgan fingerprint density at radius 1 is 0.955 bits per heavy atom. The second kappa shape index (κ2) is 7.23. The summed E-state index contributed by atoms with van der Waals surface area (Å²) < 4.78 is 5.61. The first-order valence-electron chi connectivity index (χ1n) is 7.83. The van der Waals surface area contributed by atoms with Gasteiger partial charge in [-0.05, 0) is 30.5 Å². The summed E-state index contributed by atoms with van der Waals surface area (Å²) >= 11 is 0. The van der Waals surface area contributed by atoms with E-state index in [9.17, 15) is 4.79 Å². The largest absolute Gasteiger partial charge is 0.459 e. The average Bonchev–Trinajstić information content (AvgIpc) is 2.58. The Balaban J connectivity index is 1.47. The topological polar surface area (TPSA) is 29.5 Å². The predicted molar refractivity (Wildman–Crippen MR) is 86.6 cm³/mol. The van der Waals surface area contributed by atoms with Gasteiger partial charge in [-0.2, -0.15) is 0 Å². The number of ether oxygens (including phenoxy) is 1. The molecule has 2 aromatic rings. The first-order valence-corrected chi connectivity index (χ1v) is 7.83. The summed E-state index contributed by atoms with van der Waals surface area (Å²) in [7, 11) is 0. The summed E-state index contributed by atoms with van der Waals surface area (Å²) in [6.45, 7) is 2.92. The number of carbonyl (C=O) groups excluding carboxylic acids is 1. The Morgan fingerprint density at radius 3 is 2.18 bits per heavy atom. The van der Waals surface area contributed by atoms with Gasteiger partial charge in [0.2, 0.25) is 0 Å². The fraction of sp³-hybridized carbons (Fsp3) is 0.316. The number of carbonyl (C=O) groups is 1. The van der Waals surface area contributed by atoms with Crippen molar-refractivity contribution in [3.8, 4) is 0 Å². The van der Waals surface area contributed by atoms with Gasteiger partial charge in [0.1, 0.15) is 6.10 Å². The van der Waals surface area contributed by atoms with Crippen molar-refractivity contribution in [2.24, 2.45) is 0 Å². The monoisotopic (exact) mass is 295 g/mol. The fourth-order valence-corrected chi connectivity index (χ4v) is 2.82. The molecule has 114 valence electrons. The molecule has 0 atom stereocenters. The van der Waals surface area contributed by atoms with Gasteiger partial charge in [-0.15, -0.1) is 0 Å². The molecule has 3 rings (SSSR count). The van der Waals surface area contributed by atoms with Crippen molar-refractivity contribution in [3.05, 3.63) is 71.8 Å². The number of rotatable bonds is 4. The second-order valence-electron chi connectivity index (χ2n) is 5.73. The number of benzene rings is 2. The van der Waals surface area contributed by atoms with Gasteiger partial charge >= 0.3 is 5.97 Å². The van der Waals surface area contributed by atoms with Crippen LogP contribution >= 0.6 is 0 Å². The van der Waals surface area contributed by atoms with Gasteiger partial charge in [-0.3, -0.25) is 4.90 Å². The lowest BCUT2D eigenvalue weighted by molar-refractivity contribution is 0.0104. The maximum atomic E-state index is 12.0. The molecule has 0 aromatic heterocycles. The molecular weight excluding hydrogens is 274 g/mol. The maximum Gasteiger partial charge on any atom is 0.338 e. The number of likely N-dealkylation sites (tertiary alicyclic amines) is 1. The Bertz CT molecular complexity index is 589. The third kappa shape index (κ3) is 3.95. The van der Waals surface area contributed by atoms with Crippen LogP contribution in [0.1, 0.15) is 28.8 Å². The third-order valence-electron chi connectivity index (χ3n) is 4.07. The van der Waals surface area contributed by atoms with Crippen LogP contribution in [0.2, 0.25) is 0 Å². The van der Waals surface area contributed by atoms with Gasteiger partial charge < -0.3 is 4.74 Å². The quantitative estimate of drug-likeness (QED) is 0.808. The van der Waals surface area contributed by atoms with Crippen molar-refractivity contribution in [1.29, 1.82) is 0 Å². The molecule has 0 N–H and O–H groups in total. The lowest BCUT2D eigenvalue weighted by atomic mass is 10.1. The van der Waals surface area contributed by atoms with Gasteiger partial charge in [0, 0.05) is 19.6 Å². The van der Waals surface area contributed by atoms with Crippen LogP contribution in [0.3, 0.4) is 0 Å². The van der Waals surface area contributed by atoms with Crippen molar-refractivity contribution < 1.29 is 9.53 Å². The molecule has 22 heavy (non-hydrogen) atoms. The molecule has 0 saturated carbocycles. The highest BCUT2D eigenvalue weighted by molar-refractivity contribution is 5.89. The van der Waals surface area contributed by atoms with Crippen LogP contribution in [-0.2, 0) is 11.3 Å². The zero-order chi connectivity index (χ0) is 15.2. The zero-order valence-electron chi connectivity index (χ0n) is 12.7. The predicted octanol–water partition coefficient (Wildman–Crippen LogP) is 3.51. The minimum absolute atomic E-state index is 0.0414. The highest BCUT2D eigenvalue weighted by Crippen LogP contribution is 2.17. The van der Waals surface area contributed by atoms with Crippen LogP contribution < -0.4 is 0 Å². The Labute approximate surface area is 131 Å². The molecule has 0 unspecified atom stereocenters. The van der Waals surface area contributed by atoms with Gasteiger partial charge in [0.05, 0.1) is 5.56 Å². The Hall–Kier alpha value is -2.13. The lowest BCUT2D eigenvalue weighted by Crippen LogP contribution is -2.37. The molecule has 1 aliphatic heterocycles. The van der Waals surface area contributed by atoms with E-state index in [1.165, 1.54) is 5.56 Å². The van der Waals surface area contributed by atoms with Gasteiger partial charge in [0.15, 0.2) is 0 Å². The maximum absolute atomic E-state index is 12.0. The number of piperidine rings is 1. The van der Waals surface area contributed by atoms with Crippen LogP contribution in [0.15, 0.2) is 60.7 Å². The molecule has 0 bridgehead atoms. The van der Waals surface area contributed by atoms with Crippen LogP contribution in [0.25, 0.3) is 0 Å². The molecule has 2 aromatic carbocycles. The zero-order valence-corrected chi connectivity index (χ0v) is 12.7. The molecule has 0 radical (unpaired) electrons. The second-order valence-corrected chi connectivity index (χ2v) is 5.73. The van der Waals surface area contributed by atoms with E-state index in [-0.39, 0.29) is 12.1 Å². The van der Waals surface area contributed by atoms with E-state index in [0.717, 1.165) is 32.5 Å². The van der Waals surface area contributed by atoms with E-state index in [1.807, 2.05) is 24.3 Å². The Morgan fingerprint density at radius 2 is 1.55 bits per heavy atom. The first kappa shape index (κ1) is 14.8. The fourth-order valence-electron chi connectivity index (χ4n) is 2.82. The SMILES string of the molecule is O=C(OC1CCN(Cc2ccccc2)CC1)c1ccccc1. The van der Waals surface area contributed by atoms with Crippen LogP contribution in [0.5, 0.6) is 0 Å². The van der Waals surface area contributed by atoms with Crippen molar-refractivity contribution in [2.75, 3.05) is 13.1 Å². The van der Waals surface area contributed by atoms with E-state index >= 15 is 0 Å². The smallest absolute Gasteiger partial charge is 0.338 e. The summed E-state index contributed by atoms with van der Waals surface area (Å²) in [6.07, 6.45) is 1.86. The summed E-state index contributed by atoms with van der Waals surface area (Å²) in [5.41, 5.74) is 1.97. The Kier molecular flexibility index (Phi) is 4.86. The third-order valence-corrected chi connectivity index (χ3v) is 4.07. The van der Waals surface area contributed by atoms with Crippen LogP contribution in [0.4, 0.5) is 0 Å². The lowest BCUT2D eigenvalue weighted by Gasteiger charge is -2.31. The molecule has 1 saturated heterocycles. The van der Waals surface area contributed by atoms with E-state index in [4.69, 9.17) is 4.74 Å². The number of hydrogen-bond acceptors (Lipinski definition) is 3. The minimum Gasteiger partial charge on any atom is -0.459 e. The van der Waals surface area contributed by atoms with E-state index < -0.39 is 0 Å². The summed E-state index contributed by atoms with van der Waals surface area (Å²) in [4.78, 5) is 14.5. The number of esters is 1. The van der Waals surface area contributed by atoms with Gasteiger partial charge in [-0.1, -0.05) is 48.5 Å². The molecule has 0 amide bonds. The van der Waals surface area contributed by atoms with Crippen molar-refractivity contribution in [3.63, 3.8) is 0 Å². The van der Waals surface area contributed by atoms with E-state index in [2.05, 4.69) is 29.2 Å². The average molecular weight is 295 g/mol. The van der Waals surface area contributed by atoms with Gasteiger partial charge in [0.25, 0.3) is 0 Å². The van der Waals surface area contributed by atoms with Crippen LogP contribution in [0, 0.1) is 0 Å². The van der Waals surface area contributed by atoms with Gasteiger partial charge in [-0.25, -0.2) is 4.79 Å². The first-order chi connectivity index (χ1) is 10.8. The molecule has 1 heterocycles. The summed E-state index contributed by atoms with van der Waals surface area (Å²) in [5, 5.41) is 0. The highest BCUT2D eigenvalue weighted by Gasteiger charge is 2.22. The summed E-state index contributed by atoms with van der Waals surface area (Å²) in [6, 6.07) is 19.7. The summed E-state index contributed by atoms with van der Waals surface area (Å²) in [5.74, 6) is -0.206. The molecular formula is C19H21NO2. The van der Waals surface area contributed by atoms with Crippen LogP contribution in [-0.4, -0.2) is 30.1 Å². The highest BCUT2D eigenvalue weighted by atomic mass is 16.5. The molecule has 0 spiro atoms. The standard InChI is InChI=1S/C19H21NO2/c21-19(17-9-5-2-6-10-17)22-18-11-13-20(14-12-18)15-16-7-3-1-4-8-16/h1-10,18H,11-15H2. The molecule has 0 aliphatic carbocycles. The normalized spacial score (nSPS) is 16.4. The van der Waals surface area contributed by atoms with Crippen molar-refractivity contribution >= 4 is 5.97 Å². The number of nitrogens with zero attached hydrogens (tertiary/aromatic N) is 1. The van der Waals surface area contributed by atoms with E-state index in [1.54, 1.807) is 12.1 Å².